The van der Waals surface area contributed by atoms with Crippen molar-refractivity contribution in [2.24, 2.45) is 0 Å². The number of hydrogen-bond acceptors (Lipinski definition) is 5. The fraction of sp³-hybridized carbons (Fsp3) is 0.286. The molecule has 0 radical (unpaired) electrons. The topological polar surface area (TPSA) is 64.6 Å². The second-order valence-corrected chi connectivity index (χ2v) is 8.01. The highest BCUT2D eigenvalue weighted by Gasteiger charge is 2.23. The lowest BCUT2D eigenvalue weighted by Crippen LogP contribution is -2.26. The fourth-order valence-electron chi connectivity index (χ4n) is 1.93. The van der Waals surface area contributed by atoms with Gasteiger partial charge in [-0.25, -0.2) is 13.1 Å². The Bertz CT molecular complexity index is 744. The van der Waals surface area contributed by atoms with Crippen molar-refractivity contribution in [2.45, 2.75) is 17.9 Å². The zero-order chi connectivity index (χ0) is 16.3. The highest BCUT2D eigenvalue weighted by atomic mass is 79.9. The number of sulfonamides is 1. The van der Waals surface area contributed by atoms with Gasteiger partial charge in [-0.1, -0.05) is 6.07 Å². The van der Waals surface area contributed by atoms with E-state index in [0.29, 0.717) is 16.0 Å². The second kappa shape index (κ2) is 6.99. The first-order valence-corrected chi connectivity index (χ1v) is 9.52. The van der Waals surface area contributed by atoms with Crippen molar-refractivity contribution < 1.29 is 17.9 Å². The number of hydrogen-bond donors (Lipinski definition) is 1. The summed E-state index contributed by atoms with van der Waals surface area (Å²) in [7, 11) is -0.742. The minimum Gasteiger partial charge on any atom is -0.493 e. The van der Waals surface area contributed by atoms with E-state index in [2.05, 4.69) is 20.7 Å². The summed E-state index contributed by atoms with van der Waals surface area (Å²) in [5, 5.41) is 1.91. The molecule has 0 unspecified atom stereocenters. The number of nitrogens with one attached hydrogen (secondary N) is 1. The molecule has 0 saturated carbocycles. The van der Waals surface area contributed by atoms with E-state index in [9.17, 15) is 8.42 Å². The number of thiophene rings is 1. The molecule has 8 heteroatoms. The number of methoxy groups -OCH3 is 2. The Morgan fingerprint density at radius 3 is 2.41 bits per heavy atom. The average molecular weight is 406 g/mol. The van der Waals surface area contributed by atoms with Gasteiger partial charge in [0.05, 0.1) is 20.3 Å². The molecule has 0 aliphatic heterocycles. The summed E-state index contributed by atoms with van der Waals surface area (Å²) in [6.07, 6.45) is 0. The first-order chi connectivity index (χ1) is 10.4. The van der Waals surface area contributed by atoms with Gasteiger partial charge < -0.3 is 9.47 Å². The van der Waals surface area contributed by atoms with Gasteiger partial charge in [0.15, 0.2) is 11.5 Å². The zero-order valence-corrected chi connectivity index (χ0v) is 15.5. The van der Waals surface area contributed by atoms with Crippen LogP contribution in [0.2, 0.25) is 0 Å². The number of rotatable bonds is 6. The Balaban J connectivity index is 2.37. The molecular weight excluding hydrogens is 390 g/mol. The second-order valence-electron chi connectivity index (χ2n) is 4.50. The van der Waals surface area contributed by atoms with Gasteiger partial charge in [-0.15, -0.1) is 11.3 Å². The highest BCUT2D eigenvalue weighted by Crippen LogP contribution is 2.36. The monoisotopic (exact) mass is 405 g/mol. The quantitative estimate of drug-likeness (QED) is 0.797. The minimum atomic E-state index is -3.70. The predicted octanol–water partition coefficient (Wildman–Crippen LogP) is 3.57. The molecule has 0 bridgehead atoms. The van der Waals surface area contributed by atoms with Crippen LogP contribution in [0.5, 0.6) is 11.5 Å². The van der Waals surface area contributed by atoms with Crippen molar-refractivity contribution in [3.63, 3.8) is 0 Å². The van der Waals surface area contributed by atoms with E-state index in [1.54, 1.807) is 13.0 Å². The van der Waals surface area contributed by atoms with Crippen LogP contribution >= 0.6 is 27.3 Å². The van der Waals surface area contributed by atoms with Crippen molar-refractivity contribution in [3.05, 3.63) is 39.0 Å². The molecule has 2 aromatic rings. The molecule has 1 heterocycles. The summed E-state index contributed by atoms with van der Waals surface area (Å²) in [5.41, 5.74) is 0. The van der Waals surface area contributed by atoms with Gasteiger partial charge >= 0.3 is 0 Å². The van der Waals surface area contributed by atoms with Gasteiger partial charge in [0, 0.05) is 15.4 Å². The maximum atomic E-state index is 12.6. The maximum absolute atomic E-state index is 12.6. The van der Waals surface area contributed by atoms with Crippen molar-refractivity contribution in [3.8, 4) is 11.5 Å². The van der Waals surface area contributed by atoms with E-state index in [1.165, 1.54) is 31.6 Å². The summed E-state index contributed by atoms with van der Waals surface area (Å²) in [6, 6.07) is 6.47. The van der Waals surface area contributed by atoms with Crippen LogP contribution in [0.1, 0.15) is 17.8 Å². The molecule has 0 spiro atoms. The molecule has 0 aliphatic carbocycles. The largest absolute Gasteiger partial charge is 0.493 e. The van der Waals surface area contributed by atoms with Gasteiger partial charge in [-0.3, -0.25) is 0 Å². The number of ether oxygens (including phenoxy) is 2. The molecule has 0 amide bonds. The Kier molecular flexibility index (Phi) is 5.49. The highest BCUT2D eigenvalue weighted by molar-refractivity contribution is 9.10. The molecule has 1 N–H and O–H groups in total. The van der Waals surface area contributed by atoms with E-state index in [4.69, 9.17) is 9.47 Å². The van der Waals surface area contributed by atoms with Crippen LogP contribution in [0, 0.1) is 0 Å². The molecule has 0 aliphatic rings. The van der Waals surface area contributed by atoms with Crippen molar-refractivity contribution in [2.75, 3.05) is 14.2 Å². The Hall–Kier alpha value is -1.09. The smallest absolute Gasteiger partial charge is 0.242 e. The van der Waals surface area contributed by atoms with Gasteiger partial charge in [-0.2, -0.15) is 0 Å². The lowest BCUT2D eigenvalue weighted by Gasteiger charge is -2.16. The SMILES string of the molecule is COc1cc(Br)c(S(=O)(=O)N[C@H](C)c2cccs2)cc1OC. The summed E-state index contributed by atoms with van der Waals surface area (Å²) in [4.78, 5) is 1.05. The summed E-state index contributed by atoms with van der Waals surface area (Å²) in [5.74, 6) is 0.814. The molecule has 0 saturated heterocycles. The van der Waals surface area contributed by atoms with E-state index in [1.807, 2.05) is 17.5 Å². The van der Waals surface area contributed by atoms with E-state index >= 15 is 0 Å². The van der Waals surface area contributed by atoms with Crippen molar-refractivity contribution in [1.82, 2.24) is 4.72 Å². The van der Waals surface area contributed by atoms with Crippen LogP contribution in [-0.4, -0.2) is 22.6 Å². The first kappa shape index (κ1) is 17.3. The predicted molar refractivity (Wildman–Crippen MR) is 90.3 cm³/mol. The third-order valence-corrected chi connectivity index (χ3v) is 6.58. The fourth-order valence-corrected chi connectivity index (χ4v) is 5.00. The molecule has 22 heavy (non-hydrogen) atoms. The standard InChI is InChI=1S/C14H16BrNO4S2/c1-9(13-5-4-6-21-13)16-22(17,18)14-8-12(20-3)11(19-2)7-10(14)15/h4-9,16H,1-3H3/t9-/m1/s1. The molecule has 2 rings (SSSR count). The summed E-state index contributed by atoms with van der Waals surface area (Å²) < 4.78 is 38.6. The van der Waals surface area contributed by atoms with Crippen molar-refractivity contribution in [1.29, 1.82) is 0 Å². The molecule has 0 fully saturated rings. The Labute approximate surface area is 142 Å². The average Bonchev–Trinajstić information content (AvgIpc) is 3.00. The molecule has 120 valence electrons. The van der Waals surface area contributed by atoms with E-state index < -0.39 is 10.0 Å². The van der Waals surface area contributed by atoms with Gasteiger partial charge in [0.2, 0.25) is 10.0 Å². The van der Waals surface area contributed by atoms with Crippen LogP contribution in [-0.2, 0) is 10.0 Å². The summed E-state index contributed by atoms with van der Waals surface area (Å²) >= 11 is 4.78. The van der Waals surface area contributed by atoms with Crippen LogP contribution < -0.4 is 14.2 Å². The van der Waals surface area contributed by atoms with E-state index in [0.717, 1.165) is 4.88 Å². The van der Waals surface area contributed by atoms with Gasteiger partial charge in [0.1, 0.15) is 4.90 Å². The minimum absolute atomic E-state index is 0.105. The first-order valence-electron chi connectivity index (χ1n) is 6.36. The lowest BCUT2D eigenvalue weighted by molar-refractivity contribution is 0.353. The van der Waals surface area contributed by atoms with Crippen LogP contribution in [0.15, 0.2) is 39.0 Å². The zero-order valence-electron chi connectivity index (χ0n) is 12.3. The molecule has 1 aromatic carbocycles. The van der Waals surface area contributed by atoms with Crippen LogP contribution in [0.25, 0.3) is 0 Å². The van der Waals surface area contributed by atoms with Gasteiger partial charge in [-0.05, 0) is 40.4 Å². The Morgan fingerprint density at radius 1 is 1.23 bits per heavy atom. The van der Waals surface area contributed by atoms with Crippen molar-refractivity contribution >= 4 is 37.3 Å². The number of benzene rings is 1. The maximum Gasteiger partial charge on any atom is 0.242 e. The van der Waals surface area contributed by atoms with Crippen LogP contribution in [0.3, 0.4) is 0 Å². The Morgan fingerprint density at radius 2 is 1.86 bits per heavy atom. The lowest BCUT2D eigenvalue weighted by atomic mass is 10.3. The molecule has 5 nitrogen and oxygen atoms in total. The van der Waals surface area contributed by atoms with Gasteiger partial charge in [0.25, 0.3) is 0 Å². The third kappa shape index (κ3) is 3.62. The van der Waals surface area contributed by atoms with E-state index in [-0.39, 0.29) is 10.9 Å². The normalized spacial score (nSPS) is 12.9. The number of halogens is 1. The summed E-state index contributed by atoms with van der Waals surface area (Å²) in [6.45, 7) is 1.80. The molecule has 1 aromatic heterocycles. The molecule has 1 atom stereocenters. The molecular formula is C14H16BrNO4S2. The van der Waals surface area contributed by atoms with Crippen LogP contribution in [0.4, 0.5) is 0 Å². The third-order valence-electron chi connectivity index (χ3n) is 3.03.